The number of hydrogen-bond donors (Lipinski definition) is 0. The van der Waals surface area contributed by atoms with Crippen molar-refractivity contribution in [3.05, 3.63) is 35.4 Å². The van der Waals surface area contributed by atoms with E-state index in [0.29, 0.717) is 18.5 Å². The highest BCUT2D eigenvalue weighted by atomic mass is 79.9. The summed E-state index contributed by atoms with van der Waals surface area (Å²) in [4.78, 5) is 25.5. The lowest BCUT2D eigenvalue weighted by atomic mass is 9.98. The third kappa shape index (κ3) is 2.80. The zero-order chi connectivity index (χ0) is 13.0. The summed E-state index contributed by atoms with van der Waals surface area (Å²) in [6.45, 7) is 0.541. The lowest BCUT2D eigenvalue weighted by Gasteiger charge is -2.26. The second-order valence-corrected chi connectivity index (χ2v) is 5.23. The second-order valence-electron chi connectivity index (χ2n) is 4.43. The summed E-state index contributed by atoms with van der Waals surface area (Å²) in [7, 11) is 0. The van der Waals surface area contributed by atoms with E-state index in [9.17, 15) is 9.59 Å². The molecule has 2 rings (SSSR count). The van der Waals surface area contributed by atoms with Crippen molar-refractivity contribution in [3.63, 3.8) is 0 Å². The summed E-state index contributed by atoms with van der Waals surface area (Å²) < 4.78 is 0. The fraction of sp³-hybridized carbons (Fsp3) is 0.429. The van der Waals surface area contributed by atoms with Gasteiger partial charge in [-0.25, -0.2) is 0 Å². The van der Waals surface area contributed by atoms with Crippen LogP contribution in [0.5, 0.6) is 0 Å². The molecule has 3 nitrogen and oxygen atoms in total. The van der Waals surface area contributed by atoms with Crippen LogP contribution >= 0.6 is 15.9 Å². The molecule has 0 aromatic heterocycles. The number of fused-ring (bicyclic) bond motifs is 1. The van der Waals surface area contributed by atoms with Crippen LogP contribution in [0.3, 0.4) is 0 Å². The molecule has 1 aliphatic rings. The molecule has 1 heterocycles. The summed E-state index contributed by atoms with van der Waals surface area (Å²) in [5.74, 6) is -0.210. The number of imide groups is 1. The summed E-state index contributed by atoms with van der Waals surface area (Å²) in [5, 5.41) is 0.970. The molecule has 1 aliphatic heterocycles. The van der Waals surface area contributed by atoms with Crippen molar-refractivity contribution in [1.29, 1.82) is 0 Å². The molecule has 0 N–H and O–H groups in total. The van der Waals surface area contributed by atoms with Crippen LogP contribution in [0.1, 0.15) is 35.2 Å². The molecule has 2 amide bonds. The minimum absolute atomic E-state index is 0.0717. The predicted octanol–water partition coefficient (Wildman–Crippen LogP) is 2.78. The molecule has 0 aliphatic carbocycles. The van der Waals surface area contributed by atoms with Crippen LogP contribution < -0.4 is 0 Å². The van der Waals surface area contributed by atoms with E-state index in [4.69, 9.17) is 0 Å². The number of nitrogens with zero attached hydrogens (tertiary/aromatic N) is 1. The first-order chi connectivity index (χ1) is 8.74. The van der Waals surface area contributed by atoms with Gasteiger partial charge in [-0.05, 0) is 24.5 Å². The van der Waals surface area contributed by atoms with Crippen molar-refractivity contribution in [2.24, 2.45) is 0 Å². The highest BCUT2D eigenvalue weighted by molar-refractivity contribution is 9.09. The van der Waals surface area contributed by atoms with Gasteiger partial charge in [-0.15, -0.1) is 0 Å². The van der Waals surface area contributed by atoms with Gasteiger partial charge in [-0.2, -0.15) is 0 Å². The lowest BCUT2D eigenvalue weighted by Crippen LogP contribution is -2.42. The molecule has 1 aromatic carbocycles. The molecule has 0 saturated heterocycles. The molecular formula is C14H16BrNO2. The van der Waals surface area contributed by atoms with E-state index in [1.807, 2.05) is 18.2 Å². The molecule has 0 fully saturated rings. The van der Waals surface area contributed by atoms with Crippen molar-refractivity contribution < 1.29 is 9.59 Å². The fourth-order valence-corrected chi connectivity index (χ4v) is 2.56. The zero-order valence-corrected chi connectivity index (χ0v) is 11.8. The van der Waals surface area contributed by atoms with Crippen LogP contribution in [0.15, 0.2) is 24.3 Å². The van der Waals surface area contributed by atoms with E-state index in [1.165, 1.54) is 4.90 Å². The monoisotopic (exact) mass is 309 g/mol. The van der Waals surface area contributed by atoms with Gasteiger partial charge in [0.15, 0.2) is 0 Å². The molecule has 1 aromatic rings. The highest BCUT2D eigenvalue weighted by Crippen LogP contribution is 2.20. The zero-order valence-electron chi connectivity index (χ0n) is 10.2. The largest absolute Gasteiger partial charge is 0.278 e. The van der Waals surface area contributed by atoms with E-state index in [-0.39, 0.29) is 11.8 Å². The maximum absolute atomic E-state index is 12.2. The van der Waals surface area contributed by atoms with Crippen molar-refractivity contribution in [2.45, 2.75) is 25.7 Å². The Morgan fingerprint density at radius 3 is 2.67 bits per heavy atom. The van der Waals surface area contributed by atoms with Crippen molar-refractivity contribution in [3.8, 4) is 0 Å². The first-order valence-electron chi connectivity index (χ1n) is 6.22. The molecular weight excluding hydrogens is 294 g/mol. The Kier molecular flexibility index (Phi) is 4.53. The van der Waals surface area contributed by atoms with E-state index < -0.39 is 0 Å². The van der Waals surface area contributed by atoms with Gasteiger partial charge in [-0.1, -0.05) is 40.5 Å². The van der Waals surface area contributed by atoms with Gasteiger partial charge in [0, 0.05) is 17.4 Å². The maximum atomic E-state index is 12.2. The first-order valence-corrected chi connectivity index (χ1v) is 7.34. The van der Waals surface area contributed by atoms with E-state index in [1.54, 1.807) is 6.07 Å². The Bertz CT molecular complexity index is 459. The molecule has 0 saturated carbocycles. The number of benzene rings is 1. The number of halogens is 1. The number of carbonyl (C=O) groups is 2. The average molecular weight is 310 g/mol. The summed E-state index contributed by atoms with van der Waals surface area (Å²) in [6, 6.07) is 7.36. The minimum Gasteiger partial charge on any atom is -0.278 e. The van der Waals surface area contributed by atoms with Gasteiger partial charge in [0.05, 0.1) is 6.42 Å². The van der Waals surface area contributed by atoms with Gasteiger partial charge in [-0.3, -0.25) is 14.5 Å². The minimum atomic E-state index is -0.138. The quantitative estimate of drug-likeness (QED) is 0.476. The van der Waals surface area contributed by atoms with Gasteiger partial charge >= 0.3 is 0 Å². The predicted molar refractivity (Wildman–Crippen MR) is 73.8 cm³/mol. The second kappa shape index (κ2) is 6.14. The van der Waals surface area contributed by atoms with E-state index in [2.05, 4.69) is 15.9 Å². The fourth-order valence-electron chi connectivity index (χ4n) is 2.17. The van der Waals surface area contributed by atoms with Gasteiger partial charge in [0.2, 0.25) is 5.91 Å². The third-order valence-corrected chi connectivity index (χ3v) is 3.71. The molecule has 96 valence electrons. The molecule has 0 spiro atoms. The van der Waals surface area contributed by atoms with Crippen molar-refractivity contribution >= 4 is 27.7 Å². The van der Waals surface area contributed by atoms with Crippen molar-refractivity contribution in [1.82, 2.24) is 4.90 Å². The molecule has 0 radical (unpaired) electrons. The Hall–Kier alpha value is -1.16. The van der Waals surface area contributed by atoms with Crippen LogP contribution in [-0.4, -0.2) is 28.6 Å². The van der Waals surface area contributed by atoms with Gasteiger partial charge in [0.25, 0.3) is 5.91 Å². The van der Waals surface area contributed by atoms with Crippen LogP contribution in [0.25, 0.3) is 0 Å². The Labute approximate surface area is 115 Å². The summed E-state index contributed by atoms with van der Waals surface area (Å²) >= 11 is 3.37. The Morgan fingerprint density at radius 2 is 1.89 bits per heavy atom. The first kappa shape index (κ1) is 13.3. The van der Waals surface area contributed by atoms with Crippen LogP contribution in [0.2, 0.25) is 0 Å². The lowest BCUT2D eigenvalue weighted by molar-refractivity contribution is -0.128. The van der Waals surface area contributed by atoms with Gasteiger partial charge < -0.3 is 0 Å². The Balaban J connectivity index is 2.05. The number of amides is 2. The molecule has 18 heavy (non-hydrogen) atoms. The number of rotatable bonds is 5. The molecule has 0 bridgehead atoms. The third-order valence-electron chi connectivity index (χ3n) is 3.15. The van der Waals surface area contributed by atoms with Crippen molar-refractivity contribution in [2.75, 3.05) is 11.9 Å². The average Bonchev–Trinajstić information content (AvgIpc) is 2.38. The number of hydrogen-bond acceptors (Lipinski definition) is 2. The van der Waals surface area contributed by atoms with Crippen LogP contribution in [0.4, 0.5) is 0 Å². The van der Waals surface area contributed by atoms with Gasteiger partial charge in [0.1, 0.15) is 0 Å². The topological polar surface area (TPSA) is 37.4 Å². The number of alkyl halides is 1. The normalized spacial score (nSPS) is 14.8. The smallest absolute Gasteiger partial charge is 0.260 e. The molecule has 4 heteroatoms. The standard InChI is InChI=1S/C14H16BrNO2/c15-8-4-1-5-9-16-13(17)10-11-6-2-3-7-12(11)14(16)18/h2-3,6-7H,1,4-5,8-10H2. The number of carbonyl (C=O) groups excluding carboxylic acids is 2. The highest BCUT2D eigenvalue weighted by Gasteiger charge is 2.29. The van der Waals surface area contributed by atoms with E-state index >= 15 is 0 Å². The summed E-state index contributed by atoms with van der Waals surface area (Å²) in [5.41, 5.74) is 1.53. The van der Waals surface area contributed by atoms with E-state index in [0.717, 1.165) is 30.2 Å². The van der Waals surface area contributed by atoms with Crippen LogP contribution in [-0.2, 0) is 11.2 Å². The SMILES string of the molecule is O=C1Cc2ccccc2C(=O)N1CCCCCBr. The summed E-state index contributed by atoms with van der Waals surface area (Å²) in [6.07, 6.45) is 3.34. The molecule has 0 unspecified atom stereocenters. The number of unbranched alkanes of at least 4 members (excludes halogenated alkanes) is 2. The Morgan fingerprint density at radius 1 is 1.11 bits per heavy atom. The van der Waals surface area contributed by atoms with Crippen LogP contribution in [0, 0.1) is 0 Å². The molecule has 0 atom stereocenters. The maximum Gasteiger partial charge on any atom is 0.260 e.